The summed E-state index contributed by atoms with van der Waals surface area (Å²) in [5, 5.41) is 8.76. The van der Waals surface area contributed by atoms with Gasteiger partial charge in [-0.05, 0) is 32.1 Å². The van der Waals surface area contributed by atoms with E-state index in [-0.39, 0.29) is 12.2 Å². The van der Waals surface area contributed by atoms with Crippen LogP contribution < -0.4 is 0 Å². The summed E-state index contributed by atoms with van der Waals surface area (Å²) in [7, 11) is 0. The number of allylic oxidation sites excluding steroid dienone is 1. The molecule has 1 rings (SSSR count). The van der Waals surface area contributed by atoms with Crippen molar-refractivity contribution in [2.24, 2.45) is 0 Å². The normalized spacial score (nSPS) is 22.9. The van der Waals surface area contributed by atoms with Crippen LogP contribution in [-0.4, -0.2) is 25.4 Å². The van der Waals surface area contributed by atoms with Crippen molar-refractivity contribution in [2.45, 2.75) is 70.0 Å². The van der Waals surface area contributed by atoms with Crippen LogP contribution in [-0.2, 0) is 9.47 Å². The highest BCUT2D eigenvalue weighted by Gasteiger charge is 2.26. The van der Waals surface area contributed by atoms with Crippen LogP contribution in [0.25, 0.3) is 0 Å². The van der Waals surface area contributed by atoms with Crippen LogP contribution in [0.1, 0.15) is 57.8 Å². The summed E-state index contributed by atoms with van der Waals surface area (Å²) in [5.41, 5.74) is 0. The Labute approximate surface area is 117 Å². The van der Waals surface area contributed by atoms with Crippen molar-refractivity contribution in [1.82, 2.24) is 0 Å². The van der Waals surface area contributed by atoms with E-state index >= 15 is 0 Å². The molecule has 0 aromatic rings. The van der Waals surface area contributed by atoms with Crippen molar-refractivity contribution >= 4 is 0 Å². The molecule has 0 saturated carbocycles. The smallest absolute Gasteiger partial charge is 0.0966 e. The first-order valence-corrected chi connectivity index (χ1v) is 7.59. The molecule has 0 bridgehead atoms. The number of nitrogens with zero attached hydrogens (tertiary/aromatic N) is 1. The summed E-state index contributed by atoms with van der Waals surface area (Å²) in [6.07, 6.45) is 11.9. The quantitative estimate of drug-likeness (QED) is 0.443. The van der Waals surface area contributed by atoms with E-state index in [2.05, 4.69) is 12.6 Å². The molecule has 3 heteroatoms. The minimum atomic E-state index is -0.00802. The molecule has 1 fully saturated rings. The van der Waals surface area contributed by atoms with Crippen molar-refractivity contribution < 1.29 is 9.47 Å². The van der Waals surface area contributed by atoms with Gasteiger partial charge in [-0.1, -0.05) is 25.3 Å². The standard InChI is InChI=1S/C16H27NO2/c1-2-3-4-5-6-7-8-13-18-15-10-9-14-19-16(15)11-12-17/h2,15-16H,1,3-11,13-14H2/t15-,16+/m0/s1. The van der Waals surface area contributed by atoms with Gasteiger partial charge in [0.1, 0.15) is 0 Å². The first kappa shape index (κ1) is 16.2. The van der Waals surface area contributed by atoms with Crippen LogP contribution in [0.5, 0.6) is 0 Å². The molecule has 1 heterocycles. The van der Waals surface area contributed by atoms with E-state index in [1.807, 2.05) is 6.08 Å². The molecule has 1 aliphatic heterocycles. The summed E-state index contributed by atoms with van der Waals surface area (Å²) in [6, 6.07) is 2.18. The Bertz CT molecular complexity index is 272. The summed E-state index contributed by atoms with van der Waals surface area (Å²) >= 11 is 0. The Balaban J connectivity index is 2.01. The van der Waals surface area contributed by atoms with Crippen LogP contribution in [0.4, 0.5) is 0 Å². The second-order valence-electron chi connectivity index (χ2n) is 5.17. The largest absolute Gasteiger partial charge is 0.375 e. The molecule has 19 heavy (non-hydrogen) atoms. The minimum absolute atomic E-state index is 0.00802. The Hall–Kier alpha value is -0.850. The summed E-state index contributed by atoms with van der Waals surface area (Å²) in [5.74, 6) is 0. The zero-order chi connectivity index (χ0) is 13.8. The van der Waals surface area contributed by atoms with E-state index in [1.54, 1.807) is 0 Å². The van der Waals surface area contributed by atoms with Gasteiger partial charge >= 0.3 is 0 Å². The van der Waals surface area contributed by atoms with Gasteiger partial charge in [0.25, 0.3) is 0 Å². The summed E-state index contributed by atoms with van der Waals surface area (Å²) < 4.78 is 11.5. The van der Waals surface area contributed by atoms with Crippen molar-refractivity contribution in [3.8, 4) is 6.07 Å². The van der Waals surface area contributed by atoms with E-state index in [0.717, 1.165) is 38.9 Å². The lowest BCUT2D eigenvalue weighted by Gasteiger charge is -2.30. The average Bonchev–Trinajstić information content (AvgIpc) is 2.44. The Morgan fingerprint density at radius 2 is 2.05 bits per heavy atom. The molecule has 1 saturated heterocycles. The fraction of sp³-hybridized carbons (Fsp3) is 0.812. The maximum absolute atomic E-state index is 8.76. The second-order valence-corrected chi connectivity index (χ2v) is 5.17. The number of rotatable bonds is 10. The lowest BCUT2D eigenvalue weighted by Crippen LogP contribution is -2.36. The molecular formula is C16H27NO2. The molecule has 0 aliphatic carbocycles. The van der Waals surface area contributed by atoms with Gasteiger partial charge in [-0.15, -0.1) is 6.58 Å². The van der Waals surface area contributed by atoms with Crippen molar-refractivity contribution in [2.75, 3.05) is 13.2 Å². The number of ether oxygens (including phenoxy) is 2. The zero-order valence-electron chi connectivity index (χ0n) is 12.0. The predicted molar refractivity (Wildman–Crippen MR) is 76.8 cm³/mol. The number of nitriles is 1. The second kappa shape index (κ2) is 11.0. The third-order valence-corrected chi connectivity index (χ3v) is 3.56. The topological polar surface area (TPSA) is 42.2 Å². The molecule has 0 unspecified atom stereocenters. The van der Waals surface area contributed by atoms with Gasteiger partial charge in [-0.3, -0.25) is 0 Å². The monoisotopic (exact) mass is 265 g/mol. The molecule has 0 N–H and O–H groups in total. The van der Waals surface area contributed by atoms with E-state index in [4.69, 9.17) is 14.7 Å². The van der Waals surface area contributed by atoms with Gasteiger partial charge in [0, 0.05) is 13.2 Å². The molecule has 0 amide bonds. The molecule has 0 aromatic carbocycles. The van der Waals surface area contributed by atoms with Crippen molar-refractivity contribution in [3.63, 3.8) is 0 Å². The SMILES string of the molecule is C=CCCCCCCCO[C@H]1CCCO[C@@H]1CC#N. The molecule has 3 nitrogen and oxygen atoms in total. The Kier molecular flexibility index (Phi) is 9.40. The summed E-state index contributed by atoms with van der Waals surface area (Å²) in [6.45, 7) is 5.30. The lowest BCUT2D eigenvalue weighted by atomic mass is 10.0. The first-order valence-electron chi connectivity index (χ1n) is 7.59. The van der Waals surface area contributed by atoms with E-state index in [9.17, 15) is 0 Å². The highest BCUT2D eigenvalue weighted by atomic mass is 16.5. The van der Waals surface area contributed by atoms with Gasteiger partial charge in [-0.25, -0.2) is 0 Å². The number of hydrogen-bond acceptors (Lipinski definition) is 3. The van der Waals surface area contributed by atoms with Gasteiger partial charge in [-0.2, -0.15) is 5.26 Å². The van der Waals surface area contributed by atoms with E-state index < -0.39 is 0 Å². The van der Waals surface area contributed by atoms with Crippen LogP contribution in [0.3, 0.4) is 0 Å². The lowest BCUT2D eigenvalue weighted by molar-refractivity contribution is -0.103. The third kappa shape index (κ3) is 7.34. The van der Waals surface area contributed by atoms with Gasteiger partial charge in [0.15, 0.2) is 0 Å². The van der Waals surface area contributed by atoms with Crippen molar-refractivity contribution in [1.29, 1.82) is 5.26 Å². The van der Waals surface area contributed by atoms with E-state index in [1.165, 1.54) is 25.7 Å². The van der Waals surface area contributed by atoms with E-state index in [0.29, 0.717) is 6.42 Å². The maximum Gasteiger partial charge on any atom is 0.0966 e. The molecular weight excluding hydrogens is 238 g/mol. The molecule has 108 valence electrons. The highest BCUT2D eigenvalue weighted by Crippen LogP contribution is 2.20. The summed E-state index contributed by atoms with van der Waals surface area (Å²) in [4.78, 5) is 0. The number of hydrogen-bond donors (Lipinski definition) is 0. The van der Waals surface area contributed by atoms with Crippen LogP contribution in [0.2, 0.25) is 0 Å². The molecule has 0 aromatic heterocycles. The Morgan fingerprint density at radius 3 is 2.84 bits per heavy atom. The van der Waals surface area contributed by atoms with Gasteiger partial charge in [0.2, 0.25) is 0 Å². The third-order valence-electron chi connectivity index (χ3n) is 3.56. The highest BCUT2D eigenvalue weighted by molar-refractivity contribution is 4.84. The van der Waals surface area contributed by atoms with Gasteiger partial charge in [0.05, 0.1) is 24.7 Å². The molecule has 2 atom stereocenters. The number of unbranched alkanes of at least 4 members (excludes halogenated alkanes) is 5. The minimum Gasteiger partial charge on any atom is -0.375 e. The molecule has 1 aliphatic rings. The fourth-order valence-electron chi connectivity index (χ4n) is 2.44. The van der Waals surface area contributed by atoms with Crippen molar-refractivity contribution in [3.05, 3.63) is 12.7 Å². The molecule has 0 spiro atoms. The van der Waals surface area contributed by atoms with Crippen LogP contribution >= 0.6 is 0 Å². The molecule has 0 radical (unpaired) electrons. The predicted octanol–water partition coefficient (Wildman–Crippen LogP) is 3.99. The maximum atomic E-state index is 8.76. The average molecular weight is 265 g/mol. The van der Waals surface area contributed by atoms with Crippen LogP contribution in [0, 0.1) is 11.3 Å². The fourth-order valence-corrected chi connectivity index (χ4v) is 2.44. The first-order chi connectivity index (χ1) is 9.38. The Morgan fingerprint density at radius 1 is 1.26 bits per heavy atom. The van der Waals surface area contributed by atoms with Gasteiger partial charge < -0.3 is 9.47 Å². The zero-order valence-corrected chi connectivity index (χ0v) is 12.0. The van der Waals surface area contributed by atoms with Crippen LogP contribution in [0.15, 0.2) is 12.7 Å².